The van der Waals surface area contributed by atoms with Gasteiger partial charge in [0.2, 0.25) is 0 Å². The number of amides is 2. The lowest BCUT2D eigenvalue weighted by molar-refractivity contribution is 0.157. The van der Waals surface area contributed by atoms with Gasteiger partial charge in [0.1, 0.15) is 16.9 Å². The Kier molecular flexibility index (Phi) is 6.40. The predicted octanol–water partition coefficient (Wildman–Crippen LogP) is 3.95. The molecule has 0 spiro atoms. The van der Waals surface area contributed by atoms with Crippen molar-refractivity contribution in [2.45, 2.75) is 31.7 Å². The fourth-order valence-electron chi connectivity index (χ4n) is 4.22. The molecule has 3 aromatic rings. The largest absolute Gasteiger partial charge is 0.495 e. The van der Waals surface area contributed by atoms with Gasteiger partial charge in [-0.25, -0.2) is 4.79 Å². The molecule has 1 unspecified atom stereocenters. The highest BCUT2D eigenvalue weighted by atomic mass is 16.5. The zero-order valence-corrected chi connectivity index (χ0v) is 17.3. The minimum atomic E-state index is -0.266. The number of furan rings is 1. The standard InChI is InChI=1S/C23H29N3O4/c1-29-22-13-18-17-8-2-3-9-20(17)30-21(18)14-19(22)25-23(28)24-10-4-5-11-26-12-6-7-16(26)15-27/h2-3,8-9,13-14,16,27H,4-7,10-12,15H2,1H3,(H2,24,25,28). The minimum absolute atomic E-state index is 0.234. The number of rotatable bonds is 8. The summed E-state index contributed by atoms with van der Waals surface area (Å²) in [5.74, 6) is 0.591. The summed E-state index contributed by atoms with van der Waals surface area (Å²) >= 11 is 0. The van der Waals surface area contributed by atoms with Gasteiger partial charge in [-0.05, 0) is 50.9 Å². The number of aliphatic hydroxyl groups is 1. The van der Waals surface area contributed by atoms with Gasteiger partial charge in [-0.15, -0.1) is 0 Å². The van der Waals surface area contributed by atoms with Crippen LogP contribution in [0.2, 0.25) is 0 Å². The quantitative estimate of drug-likeness (QED) is 0.489. The highest BCUT2D eigenvalue weighted by Gasteiger charge is 2.22. The Morgan fingerprint density at radius 3 is 2.93 bits per heavy atom. The molecule has 160 valence electrons. The smallest absolute Gasteiger partial charge is 0.319 e. The van der Waals surface area contributed by atoms with Crippen molar-refractivity contribution in [1.82, 2.24) is 10.2 Å². The normalized spacial score (nSPS) is 16.9. The molecule has 1 aliphatic heterocycles. The van der Waals surface area contributed by atoms with E-state index >= 15 is 0 Å². The van der Waals surface area contributed by atoms with E-state index in [1.807, 2.05) is 30.3 Å². The topological polar surface area (TPSA) is 87.0 Å². The Hall–Kier alpha value is -2.77. The van der Waals surface area contributed by atoms with Crippen LogP contribution in [0, 0.1) is 0 Å². The molecule has 3 N–H and O–H groups in total. The number of ether oxygens (including phenoxy) is 1. The number of urea groups is 1. The average molecular weight is 412 g/mol. The number of carbonyl (C=O) groups is 1. The van der Waals surface area contributed by atoms with Crippen molar-refractivity contribution in [2.75, 3.05) is 38.7 Å². The van der Waals surface area contributed by atoms with Crippen molar-refractivity contribution < 1.29 is 19.1 Å². The van der Waals surface area contributed by atoms with Crippen molar-refractivity contribution in [3.8, 4) is 5.75 Å². The first-order chi connectivity index (χ1) is 14.7. The molecular weight excluding hydrogens is 382 g/mol. The maximum atomic E-state index is 12.4. The number of methoxy groups -OCH3 is 1. The van der Waals surface area contributed by atoms with Gasteiger partial charge >= 0.3 is 6.03 Å². The summed E-state index contributed by atoms with van der Waals surface area (Å²) in [6, 6.07) is 11.6. The highest BCUT2D eigenvalue weighted by molar-refractivity contribution is 6.07. The summed E-state index contributed by atoms with van der Waals surface area (Å²) in [5, 5.41) is 17.1. The number of benzene rings is 2. The molecule has 0 radical (unpaired) electrons. The second-order valence-electron chi connectivity index (χ2n) is 7.75. The van der Waals surface area contributed by atoms with Crippen molar-refractivity contribution in [3.05, 3.63) is 36.4 Å². The number of para-hydroxylation sites is 1. The Morgan fingerprint density at radius 2 is 2.10 bits per heavy atom. The number of nitrogens with zero attached hydrogens (tertiary/aromatic N) is 1. The van der Waals surface area contributed by atoms with Crippen molar-refractivity contribution in [3.63, 3.8) is 0 Å². The van der Waals surface area contributed by atoms with Gasteiger partial charge in [-0.1, -0.05) is 18.2 Å². The van der Waals surface area contributed by atoms with Crippen molar-refractivity contribution >= 4 is 33.7 Å². The first-order valence-corrected chi connectivity index (χ1v) is 10.6. The highest BCUT2D eigenvalue weighted by Crippen LogP contribution is 2.36. The molecule has 2 aromatic carbocycles. The zero-order valence-electron chi connectivity index (χ0n) is 17.3. The summed E-state index contributed by atoms with van der Waals surface area (Å²) in [6.07, 6.45) is 4.12. The number of likely N-dealkylation sites (tertiary alicyclic amines) is 1. The molecule has 2 amide bonds. The van der Waals surface area contributed by atoms with Crippen LogP contribution in [0.1, 0.15) is 25.7 Å². The lowest BCUT2D eigenvalue weighted by Crippen LogP contribution is -2.34. The summed E-state index contributed by atoms with van der Waals surface area (Å²) < 4.78 is 11.4. The van der Waals surface area contributed by atoms with Crippen LogP contribution < -0.4 is 15.4 Å². The second kappa shape index (κ2) is 9.36. The SMILES string of the molecule is COc1cc2c(cc1NC(=O)NCCCCN1CCCC1CO)oc1ccccc12. The number of unbranched alkanes of at least 4 members (excludes halogenated alkanes) is 1. The van der Waals surface area contributed by atoms with Gasteiger partial charge in [0.05, 0.1) is 19.4 Å². The molecule has 2 heterocycles. The van der Waals surface area contributed by atoms with E-state index in [0.29, 0.717) is 29.6 Å². The molecule has 1 aliphatic rings. The fourth-order valence-corrected chi connectivity index (χ4v) is 4.22. The van der Waals surface area contributed by atoms with Crippen LogP contribution in [-0.4, -0.2) is 55.4 Å². The molecule has 1 atom stereocenters. The van der Waals surface area contributed by atoms with Crippen LogP contribution in [0.3, 0.4) is 0 Å². The van der Waals surface area contributed by atoms with Crippen LogP contribution >= 0.6 is 0 Å². The molecule has 1 saturated heterocycles. The second-order valence-corrected chi connectivity index (χ2v) is 7.75. The molecule has 0 bridgehead atoms. The maximum Gasteiger partial charge on any atom is 0.319 e. The molecular formula is C23H29N3O4. The molecule has 0 saturated carbocycles. The van der Waals surface area contributed by atoms with E-state index in [2.05, 4.69) is 15.5 Å². The Morgan fingerprint density at radius 1 is 1.23 bits per heavy atom. The average Bonchev–Trinajstić information content (AvgIpc) is 3.36. The lowest BCUT2D eigenvalue weighted by Gasteiger charge is -2.22. The van der Waals surface area contributed by atoms with Gasteiger partial charge in [-0.2, -0.15) is 0 Å². The number of fused-ring (bicyclic) bond motifs is 3. The summed E-state index contributed by atoms with van der Waals surface area (Å²) in [5.41, 5.74) is 2.08. The Labute approximate surface area is 176 Å². The fraction of sp³-hybridized carbons (Fsp3) is 0.435. The number of hydrogen-bond acceptors (Lipinski definition) is 5. The molecule has 7 heteroatoms. The summed E-state index contributed by atoms with van der Waals surface area (Å²) in [4.78, 5) is 14.7. The van der Waals surface area contributed by atoms with Crippen LogP contribution in [0.15, 0.2) is 40.8 Å². The molecule has 7 nitrogen and oxygen atoms in total. The first-order valence-electron chi connectivity index (χ1n) is 10.6. The van der Waals surface area contributed by atoms with E-state index in [0.717, 1.165) is 55.1 Å². The van der Waals surface area contributed by atoms with Gasteiger partial charge in [0.25, 0.3) is 0 Å². The molecule has 30 heavy (non-hydrogen) atoms. The maximum absolute atomic E-state index is 12.4. The third-order valence-corrected chi connectivity index (χ3v) is 5.81. The summed E-state index contributed by atoms with van der Waals surface area (Å²) in [7, 11) is 1.59. The number of hydrogen-bond donors (Lipinski definition) is 3. The number of anilines is 1. The van der Waals surface area contributed by atoms with Gasteiger partial charge in [-0.3, -0.25) is 4.90 Å². The molecule has 1 fully saturated rings. The van der Waals surface area contributed by atoms with Crippen molar-refractivity contribution in [1.29, 1.82) is 0 Å². The van der Waals surface area contributed by atoms with Crippen molar-refractivity contribution in [2.24, 2.45) is 0 Å². The number of nitrogens with one attached hydrogen (secondary N) is 2. The molecule has 1 aromatic heterocycles. The Bertz CT molecular complexity index is 1020. The zero-order chi connectivity index (χ0) is 20.9. The van der Waals surface area contributed by atoms with E-state index in [4.69, 9.17) is 9.15 Å². The third kappa shape index (κ3) is 4.37. The lowest BCUT2D eigenvalue weighted by atomic mass is 10.1. The van der Waals surface area contributed by atoms with E-state index in [1.54, 1.807) is 13.2 Å². The van der Waals surface area contributed by atoms with Gasteiger partial charge in [0, 0.05) is 29.4 Å². The minimum Gasteiger partial charge on any atom is -0.495 e. The van der Waals surface area contributed by atoms with Crippen LogP contribution in [0.4, 0.5) is 10.5 Å². The monoisotopic (exact) mass is 411 g/mol. The van der Waals surface area contributed by atoms with Crippen LogP contribution in [0.25, 0.3) is 21.9 Å². The number of carbonyl (C=O) groups excluding carboxylic acids is 1. The van der Waals surface area contributed by atoms with Crippen LogP contribution in [-0.2, 0) is 0 Å². The Balaban J connectivity index is 1.32. The van der Waals surface area contributed by atoms with E-state index in [9.17, 15) is 9.90 Å². The van der Waals surface area contributed by atoms with Gasteiger partial charge in [0.15, 0.2) is 0 Å². The third-order valence-electron chi connectivity index (χ3n) is 5.81. The summed E-state index contributed by atoms with van der Waals surface area (Å²) in [6.45, 7) is 2.85. The van der Waals surface area contributed by atoms with E-state index < -0.39 is 0 Å². The predicted molar refractivity (Wildman–Crippen MR) is 118 cm³/mol. The van der Waals surface area contributed by atoms with Gasteiger partial charge < -0.3 is 24.9 Å². The van der Waals surface area contributed by atoms with E-state index in [1.165, 1.54) is 0 Å². The molecule has 4 rings (SSSR count). The van der Waals surface area contributed by atoms with E-state index in [-0.39, 0.29) is 12.6 Å². The first kappa shape index (κ1) is 20.5. The molecule has 0 aliphatic carbocycles. The van der Waals surface area contributed by atoms with Crippen LogP contribution in [0.5, 0.6) is 5.75 Å². The number of aliphatic hydroxyl groups excluding tert-OH is 1.